The van der Waals surface area contributed by atoms with Gasteiger partial charge in [0.05, 0.1) is 23.7 Å². The van der Waals surface area contributed by atoms with Crippen LogP contribution >= 0.6 is 0 Å². The third-order valence-electron chi connectivity index (χ3n) is 6.23. The molecule has 13 nitrogen and oxygen atoms in total. The van der Waals surface area contributed by atoms with Crippen LogP contribution in [0.3, 0.4) is 0 Å². The quantitative estimate of drug-likeness (QED) is 0.0591. The molecule has 3 aromatic carbocycles. The minimum Gasteiger partial charge on any atom is -0.462 e. The topological polar surface area (TPSA) is 159 Å². The highest BCUT2D eigenvalue weighted by atomic mass is 19.1. The fourth-order valence-corrected chi connectivity index (χ4v) is 3.62. The predicted molar refractivity (Wildman–Crippen MR) is 168 cm³/mol. The molecule has 49 heavy (non-hydrogen) atoms. The maximum Gasteiger partial charge on any atom is 0.346 e. The van der Waals surface area contributed by atoms with Crippen LogP contribution in [0.2, 0.25) is 0 Å². The SMILES string of the molecule is C=C(C)C(=O)OCOc1ccc(C(=O)Oc2ccc(CCOC(=O)c3ccc(OCOC(C)=O)c(OCOC(=O)C(C)C)c3)cc2)c(F)c1. The molecule has 0 N–H and O–H groups in total. The maximum absolute atomic E-state index is 14.5. The monoisotopic (exact) mass is 682 g/mol. The Hall–Kier alpha value is -5.92. The summed E-state index contributed by atoms with van der Waals surface area (Å²) in [4.78, 5) is 59.5. The fourth-order valence-electron chi connectivity index (χ4n) is 3.62. The molecule has 0 saturated heterocycles. The van der Waals surface area contributed by atoms with Crippen LogP contribution in [0, 0.1) is 11.7 Å². The standard InChI is InChI=1S/C35H35FO13/c1-21(2)32(38)47-19-44-27-11-12-28(29(36)17-27)35(41)49-26-9-6-24(7-10-26)14-15-42-34(40)25-8-13-30(45-18-43-23(5)37)31(16-25)46-20-48-33(39)22(3)4/h6-13,16-17,22H,1,14-15,18-20H2,2-5H3. The summed E-state index contributed by atoms with van der Waals surface area (Å²) < 4.78 is 55.8. The van der Waals surface area contributed by atoms with Gasteiger partial charge >= 0.3 is 29.8 Å². The molecule has 14 heteroatoms. The molecule has 0 amide bonds. The first kappa shape index (κ1) is 37.5. The molecule has 0 unspecified atom stereocenters. The van der Waals surface area contributed by atoms with Crippen molar-refractivity contribution >= 4 is 29.8 Å². The number of hydrogen-bond donors (Lipinski definition) is 0. The fraction of sp³-hybridized carbons (Fsp3) is 0.286. The zero-order chi connectivity index (χ0) is 35.9. The molecule has 0 aromatic heterocycles. The third-order valence-corrected chi connectivity index (χ3v) is 6.23. The van der Waals surface area contributed by atoms with Gasteiger partial charge in [-0.1, -0.05) is 32.6 Å². The highest BCUT2D eigenvalue weighted by molar-refractivity contribution is 5.91. The van der Waals surface area contributed by atoms with Gasteiger partial charge in [0.25, 0.3) is 0 Å². The molecule has 3 aromatic rings. The second-order valence-corrected chi connectivity index (χ2v) is 10.5. The first-order valence-corrected chi connectivity index (χ1v) is 14.8. The summed E-state index contributed by atoms with van der Waals surface area (Å²) in [6, 6.07) is 13.9. The van der Waals surface area contributed by atoms with E-state index in [1.807, 2.05) is 0 Å². The van der Waals surface area contributed by atoms with Gasteiger partial charge in [-0.05, 0) is 55.0 Å². The van der Waals surface area contributed by atoms with E-state index in [4.69, 9.17) is 37.9 Å². The van der Waals surface area contributed by atoms with Gasteiger partial charge < -0.3 is 37.9 Å². The summed E-state index contributed by atoms with van der Waals surface area (Å²) in [5, 5.41) is 0. The minimum absolute atomic E-state index is 0.00309. The lowest BCUT2D eigenvalue weighted by molar-refractivity contribution is -0.154. The van der Waals surface area contributed by atoms with Crippen molar-refractivity contribution in [3.8, 4) is 23.0 Å². The number of carbonyl (C=O) groups is 5. The number of esters is 5. The Morgan fingerprint density at radius 1 is 0.714 bits per heavy atom. The van der Waals surface area contributed by atoms with Gasteiger partial charge in [0, 0.05) is 25.0 Å². The van der Waals surface area contributed by atoms with Crippen LogP contribution in [0.25, 0.3) is 0 Å². The van der Waals surface area contributed by atoms with Gasteiger partial charge in [0.2, 0.25) is 20.4 Å². The summed E-state index contributed by atoms with van der Waals surface area (Å²) in [5.74, 6) is -4.23. The number of benzene rings is 3. The lowest BCUT2D eigenvalue weighted by atomic mass is 10.1. The number of rotatable bonds is 17. The van der Waals surface area contributed by atoms with E-state index >= 15 is 0 Å². The first-order valence-electron chi connectivity index (χ1n) is 14.8. The van der Waals surface area contributed by atoms with E-state index in [0.717, 1.165) is 11.6 Å². The van der Waals surface area contributed by atoms with Crippen LogP contribution in [-0.2, 0) is 39.8 Å². The van der Waals surface area contributed by atoms with E-state index in [1.165, 1.54) is 56.3 Å². The van der Waals surface area contributed by atoms with Crippen molar-refractivity contribution in [3.63, 3.8) is 0 Å². The van der Waals surface area contributed by atoms with Gasteiger partial charge in [-0.2, -0.15) is 0 Å². The number of hydrogen-bond acceptors (Lipinski definition) is 13. The van der Waals surface area contributed by atoms with Crippen molar-refractivity contribution in [1.29, 1.82) is 0 Å². The van der Waals surface area contributed by atoms with Gasteiger partial charge in [0.1, 0.15) is 17.3 Å². The van der Waals surface area contributed by atoms with Crippen LogP contribution < -0.4 is 18.9 Å². The number of ether oxygens (including phenoxy) is 8. The Morgan fingerprint density at radius 2 is 1.37 bits per heavy atom. The molecule has 0 aliphatic carbocycles. The Balaban J connectivity index is 1.52. The minimum atomic E-state index is -0.941. The van der Waals surface area contributed by atoms with Crippen molar-refractivity contribution < 1.29 is 66.3 Å². The molecule has 0 atom stereocenters. The Kier molecular flexibility index (Phi) is 14.1. The molecule has 0 radical (unpaired) electrons. The maximum atomic E-state index is 14.5. The number of halogens is 1. The molecule has 260 valence electrons. The van der Waals surface area contributed by atoms with Crippen LogP contribution in [0.5, 0.6) is 23.0 Å². The molecule has 0 spiro atoms. The Bertz CT molecular complexity index is 1660. The van der Waals surface area contributed by atoms with Crippen molar-refractivity contribution in [2.75, 3.05) is 27.0 Å². The second-order valence-electron chi connectivity index (χ2n) is 10.5. The first-order chi connectivity index (χ1) is 23.3. The molecule has 0 saturated carbocycles. The number of carbonyl (C=O) groups excluding carboxylic acids is 5. The summed E-state index contributed by atoms with van der Waals surface area (Å²) >= 11 is 0. The normalized spacial score (nSPS) is 10.4. The van der Waals surface area contributed by atoms with E-state index in [1.54, 1.807) is 26.0 Å². The zero-order valence-electron chi connectivity index (χ0n) is 27.3. The lowest BCUT2D eigenvalue weighted by Gasteiger charge is -2.14. The van der Waals surface area contributed by atoms with Crippen LogP contribution in [0.1, 0.15) is 54.0 Å². The average molecular weight is 683 g/mol. The van der Waals surface area contributed by atoms with Crippen molar-refractivity contribution in [2.24, 2.45) is 5.92 Å². The summed E-state index contributed by atoms with van der Waals surface area (Å²) in [5.41, 5.74) is 0.708. The smallest absolute Gasteiger partial charge is 0.346 e. The summed E-state index contributed by atoms with van der Waals surface area (Å²) in [6.45, 7) is 8.12. The van der Waals surface area contributed by atoms with Crippen LogP contribution in [-0.4, -0.2) is 56.8 Å². The molecular weight excluding hydrogens is 647 g/mol. The van der Waals surface area contributed by atoms with Crippen molar-refractivity contribution in [3.05, 3.63) is 95.3 Å². The van der Waals surface area contributed by atoms with Gasteiger partial charge in [-0.25, -0.2) is 18.8 Å². The van der Waals surface area contributed by atoms with Crippen molar-refractivity contribution in [1.82, 2.24) is 0 Å². The van der Waals surface area contributed by atoms with E-state index in [-0.39, 0.29) is 52.2 Å². The molecule has 0 heterocycles. The summed E-state index contributed by atoms with van der Waals surface area (Å²) in [7, 11) is 0. The van der Waals surface area contributed by atoms with E-state index in [0.29, 0.717) is 6.42 Å². The summed E-state index contributed by atoms with van der Waals surface area (Å²) in [6.07, 6.45) is 0.315. The lowest BCUT2D eigenvalue weighted by Crippen LogP contribution is -2.16. The Morgan fingerprint density at radius 3 is 2.02 bits per heavy atom. The highest BCUT2D eigenvalue weighted by Gasteiger charge is 2.17. The molecular formula is C35H35FO13. The van der Waals surface area contributed by atoms with Crippen molar-refractivity contribution in [2.45, 2.75) is 34.1 Å². The molecule has 0 bridgehead atoms. The van der Waals surface area contributed by atoms with E-state index in [9.17, 15) is 28.4 Å². The average Bonchev–Trinajstić information content (AvgIpc) is 3.05. The second kappa shape index (κ2) is 18.4. The molecule has 3 rings (SSSR count). The largest absolute Gasteiger partial charge is 0.462 e. The van der Waals surface area contributed by atoms with Crippen LogP contribution in [0.15, 0.2) is 72.8 Å². The van der Waals surface area contributed by atoms with E-state index in [2.05, 4.69) is 6.58 Å². The molecule has 0 aliphatic rings. The van der Waals surface area contributed by atoms with E-state index < -0.39 is 56.0 Å². The zero-order valence-corrected chi connectivity index (χ0v) is 27.3. The predicted octanol–water partition coefficient (Wildman–Crippen LogP) is 5.33. The molecule has 0 aliphatic heterocycles. The third kappa shape index (κ3) is 12.3. The van der Waals surface area contributed by atoms with Crippen LogP contribution in [0.4, 0.5) is 4.39 Å². The van der Waals surface area contributed by atoms with Gasteiger partial charge in [-0.3, -0.25) is 9.59 Å². The molecule has 0 fully saturated rings. The Labute approximate surface area is 281 Å². The van der Waals surface area contributed by atoms with Gasteiger partial charge in [0.15, 0.2) is 11.5 Å². The highest BCUT2D eigenvalue weighted by Crippen LogP contribution is 2.29. The van der Waals surface area contributed by atoms with Gasteiger partial charge in [-0.15, -0.1) is 0 Å².